The molecule has 0 atom stereocenters. The molecule has 2 heterocycles. The second kappa shape index (κ2) is 19.6. The summed E-state index contributed by atoms with van der Waals surface area (Å²) in [6, 6.07) is 49.8. The van der Waals surface area contributed by atoms with E-state index in [1.165, 1.54) is 44.2 Å². The summed E-state index contributed by atoms with van der Waals surface area (Å²) in [6.45, 7) is 6.67. The van der Waals surface area contributed by atoms with Gasteiger partial charge in [-0.05, 0) is 79.8 Å². The van der Waals surface area contributed by atoms with Crippen LogP contribution in [0, 0.1) is 18.3 Å². The van der Waals surface area contributed by atoms with Crippen LogP contribution in [0.1, 0.15) is 54.5 Å². The molecule has 2 aromatic heterocycles. The van der Waals surface area contributed by atoms with E-state index < -0.39 is 0 Å². The zero-order valence-electron chi connectivity index (χ0n) is 31.4. The van der Waals surface area contributed by atoms with Crippen LogP contribution >= 0.6 is 0 Å². The molecule has 0 unspecified atom stereocenters. The highest BCUT2D eigenvalue weighted by atomic mass is 16.3. The Kier molecular flexibility index (Phi) is 14.1. The Morgan fingerprint density at radius 2 is 1.33 bits per heavy atom. The summed E-state index contributed by atoms with van der Waals surface area (Å²) in [7, 11) is 0. The number of aromatic nitrogens is 1. The van der Waals surface area contributed by atoms with Gasteiger partial charge in [0.1, 0.15) is 11.2 Å². The van der Waals surface area contributed by atoms with Crippen molar-refractivity contribution < 1.29 is 4.42 Å². The van der Waals surface area contributed by atoms with E-state index in [0.717, 1.165) is 46.8 Å². The number of furan rings is 1. The minimum Gasteiger partial charge on any atom is -0.456 e. The molecule has 0 saturated carbocycles. The molecule has 6 aromatic carbocycles. The van der Waals surface area contributed by atoms with Gasteiger partial charge in [-0.1, -0.05) is 135 Å². The van der Waals surface area contributed by atoms with Gasteiger partial charge >= 0.3 is 0 Å². The molecule has 6 heteroatoms. The summed E-state index contributed by atoms with van der Waals surface area (Å²) in [5.74, 6) is 8.00. The van der Waals surface area contributed by atoms with E-state index >= 15 is 0 Å². The van der Waals surface area contributed by atoms with Crippen LogP contribution < -0.4 is 17.4 Å². The molecule has 8 aromatic rings. The number of nitrogens with zero attached hydrogens (tertiary/aromatic N) is 2. The monoisotopic (exact) mass is 711 g/mol. The molecule has 1 aliphatic rings. The van der Waals surface area contributed by atoms with Gasteiger partial charge in [-0.15, -0.1) is 0 Å². The Morgan fingerprint density at radius 1 is 0.685 bits per heavy atom. The van der Waals surface area contributed by atoms with Crippen molar-refractivity contribution in [2.24, 2.45) is 17.4 Å². The van der Waals surface area contributed by atoms with E-state index in [2.05, 4.69) is 114 Å². The Balaban J connectivity index is 0.000000151. The second-order valence-electron chi connectivity index (χ2n) is 12.6. The number of hydrazine groups is 1. The Morgan fingerprint density at radius 3 is 2.04 bits per heavy atom. The third-order valence-electron chi connectivity index (χ3n) is 9.15. The first-order valence-electron chi connectivity index (χ1n) is 18.4. The fourth-order valence-electron chi connectivity index (χ4n) is 6.67. The maximum absolute atomic E-state index is 8.67. The van der Waals surface area contributed by atoms with Gasteiger partial charge in [0.15, 0.2) is 0 Å². The van der Waals surface area contributed by atoms with Crippen LogP contribution in [0.25, 0.3) is 49.4 Å². The number of benzene rings is 6. The van der Waals surface area contributed by atoms with E-state index in [9.17, 15) is 0 Å². The van der Waals surface area contributed by atoms with E-state index in [-0.39, 0.29) is 0 Å². The SMILES string of the molecule is CC.Cc1ccc2c(c1)c1ccccc1n2C1=CC=CCC1.N#Cc1ccc(Cc2ccccc2)cc1.NCc1cccc2c1oc1ccccc12.NN. The first-order valence-corrected chi connectivity index (χ1v) is 18.4. The van der Waals surface area contributed by atoms with Crippen molar-refractivity contribution >= 4 is 49.4 Å². The lowest BCUT2D eigenvalue weighted by molar-refractivity contribution is 0.663. The fraction of sp³-hybridized carbons (Fsp3) is 0.146. The van der Waals surface area contributed by atoms with E-state index in [1.807, 2.05) is 86.6 Å². The highest BCUT2D eigenvalue weighted by Gasteiger charge is 2.14. The van der Waals surface area contributed by atoms with Gasteiger partial charge in [0, 0.05) is 39.4 Å². The van der Waals surface area contributed by atoms with Crippen LogP contribution in [0.3, 0.4) is 0 Å². The van der Waals surface area contributed by atoms with Crippen molar-refractivity contribution in [3.05, 3.63) is 186 Å². The summed E-state index contributed by atoms with van der Waals surface area (Å²) in [4.78, 5) is 0. The van der Waals surface area contributed by atoms with Gasteiger partial charge < -0.3 is 14.7 Å². The van der Waals surface area contributed by atoms with Crippen molar-refractivity contribution in [3.8, 4) is 6.07 Å². The third kappa shape index (κ3) is 9.03. The summed E-state index contributed by atoms with van der Waals surface area (Å²) >= 11 is 0. The van der Waals surface area contributed by atoms with Crippen LogP contribution in [0.5, 0.6) is 0 Å². The van der Waals surface area contributed by atoms with Crippen LogP contribution in [0.15, 0.2) is 162 Å². The van der Waals surface area contributed by atoms with E-state index in [1.54, 1.807) is 0 Å². The maximum atomic E-state index is 8.67. The molecule has 0 amide bonds. The van der Waals surface area contributed by atoms with Crippen LogP contribution in [0.4, 0.5) is 0 Å². The predicted octanol–water partition coefficient (Wildman–Crippen LogP) is 11.3. The number of aryl methyl sites for hydroxylation is 1. The highest BCUT2D eigenvalue weighted by Crippen LogP contribution is 2.34. The standard InChI is InChI=1S/C19H17N.C14H11N.C13H11NO.C2H6.H4N2/c1-14-11-12-19-17(13-14)16-9-5-6-10-18(16)20(19)15-7-3-2-4-8-15;15-11-14-8-6-13(7-9-14)10-12-4-2-1-3-5-12;14-8-9-4-3-6-11-10-5-1-2-7-12(10)15-13(9)11;2*1-2/h2-3,5-7,9-13H,4,8H2,1H3;1-9H,10H2;1-7H,8,14H2;1-2H3;1-2H2. The summed E-state index contributed by atoms with van der Waals surface area (Å²) in [5.41, 5.74) is 17.2. The number of hydrogen-bond acceptors (Lipinski definition) is 5. The van der Waals surface area contributed by atoms with Gasteiger partial charge in [-0.3, -0.25) is 11.7 Å². The summed E-state index contributed by atoms with van der Waals surface area (Å²) < 4.78 is 8.22. The van der Waals surface area contributed by atoms with Crippen LogP contribution in [-0.2, 0) is 13.0 Å². The second-order valence-corrected chi connectivity index (χ2v) is 12.6. The molecule has 54 heavy (non-hydrogen) atoms. The van der Waals surface area contributed by atoms with Gasteiger partial charge in [0.25, 0.3) is 0 Å². The number of nitrogens with two attached hydrogens (primary N) is 3. The fourth-order valence-corrected chi connectivity index (χ4v) is 6.67. The number of hydrogen-bond donors (Lipinski definition) is 3. The van der Waals surface area contributed by atoms with E-state index in [0.29, 0.717) is 12.1 Å². The smallest absolute Gasteiger partial charge is 0.139 e. The average molecular weight is 712 g/mol. The third-order valence-corrected chi connectivity index (χ3v) is 9.15. The molecule has 0 fully saturated rings. The molecule has 6 nitrogen and oxygen atoms in total. The lowest BCUT2D eigenvalue weighted by atomic mass is 10.0. The highest BCUT2D eigenvalue weighted by molar-refractivity contribution is 6.10. The number of allylic oxidation sites excluding steroid dienone is 4. The van der Waals surface area contributed by atoms with Crippen LogP contribution in [0.2, 0.25) is 0 Å². The largest absolute Gasteiger partial charge is 0.456 e. The Hall–Kier alpha value is -6.23. The molecule has 1 aliphatic carbocycles. The predicted molar refractivity (Wildman–Crippen MR) is 229 cm³/mol. The molecule has 272 valence electrons. The lowest BCUT2D eigenvalue weighted by Crippen LogP contribution is -2.02. The van der Waals surface area contributed by atoms with Crippen molar-refractivity contribution in [1.29, 1.82) is 5.26 Å². The quantitative estimate of drug-likeness (QED) is 0.124. The number of nitriles is 1. The summed E-state index contributed by atoms with van der Waals surface area (Å²) in [5, 5.41) is 13.7. The molecule has 6 N–H and O–H groups in total. The van der Waals surface area contributed by atoms with Crippen LogP contribution in [-0.4, -0.2) is 4.57 Å². The van der Waals surface area contributed by atoms with Gasteiger partial charge in [-0.25, -0.2) is 0 Å². The van der Waals surface area contributed by atoms with Crippen molar-refractivity contribution in [2.75, 3.05) is 0 Å². The van der Waals surface area contributed by atoms with Gasteiger partial charge in [0.05, 0.1) is 22.7 Å². The number of rotatable bonds is 4. The number of para-hydroxylation sites is 3. The normalized spacial score (nSPS) is 11.5. The van der Waals surface area contributed by atoms with Crippen molar-refractivity contribution in [2.45, 2.75) is 46.6 Å². The maximum Gasteiger partial charge on any atom is 0.139 e. The van der Waals surface area contributed by atoms with Gasteiger partial charge in [0.2, 0.25) is 0 Å². The zero-order valence-corrected chi connectivity index (χ0v) is 31.4. The molecule has 0 saturated heterocycles. The first kappa shape index (κ1) is 39.0. The van der Waals surface area contributed by atoms with Crippen molar-refractivity contribution in [1.82, 2.24) is 4.57 Å². The van der Waals surface area contributed by atoms with Crippen molar-refractivity contribution in [3.63, 3.8) is 0 Å². The topological polar surface area (TPSA) is 120 Å². The number of fused-ring (bicyclic) bond motifs is 6. The molecule has 0 bridgehead atoms. The minimum absolute atomic E-state index is 0.511. The van der Waals surface area contributed by atoms with Gasteiger partial charge in [-0.2, -0.15) is 5.26 Å². The average Bonchev–Trinajstić information content (AvgIpc) is 3.79. The molecule has 0 spiro atoms. The Labute approximate surface area is 318 Å². The lowest BCUT2D eigenvalue weighted by Gasteiger charge is -2.13. The minimum atomic E-state index is 0.511. The zero-order chi connectivity index (χ0) is 38.3. The molecular formula is C48H49N5O. The Bertz CT molecular complexity index is 2520. The first-order chi connectivity index (χ1) is 26.6. The molecule has 9 rings (SSSR count). The molecule has 0 aliphatic heterocycles. The molecule has 0 radical (unpaired) electrons. The summed E-state index contributed by atoms with van der Waals surface area (Å²) in [6.07, 6.45) is 9.82. The molecular weight excluding hydrogens is 663 g/mol. The van der Waals surface area contributed by atoms with E-state index in [4.69, 9.17) is 15.4 Å².